The van der Waals surface area contributed by atoms with Crippen LogP contribution in [0.25, 0.3) is 0 Å². The van der Waals surface area contributed by atoms with Crippen LogP contribution in [0.2, 0.25) is 0 Å². The summed E-state index contributed by atoms with van der Waals surface area (Å²) in [6.45, 7) is -0.0976. The standard InChI is InChI=1S/C22H26F6N4O3/c23-21(24,25)10-32-5-13-1-11(2-14(13)6-32)16(33)29-20-7-19(8-20,9-20)18-31-30-17(34-18)12-3-15(4-12)35-22(26,27)28/h11-15H,1-10H2,(H,29,33)/t11-,12-,13+,14-,15+,19?,20?. The number of likely N-dealkylation sites (tertiary alicyclic amines) is 1. The number of hydrogen-bond acceptors (Lipinski definition) is 6. The van der Waals surface area contributed by atoms with Crippen LogP contribution in [0.5, 0.6) is 0 Å². The molecule has 3 atom stereocenters. The lowest BCUT2D eigenvalue weighted by Crippen LogP contribution is -2.77. The topological polar surface area (TPSA) is 80.5 Å². The first-order chi connectivity index (χ1) is 16.3. The highest BCUT2D eigenvalue weighted by atomic mass is 19.4. The van der Waals surface area contributed by atoms with Crippen molar-refractivity contribution in [1.82, 2.24) is 20.4 Å². The first kappa shape index (κ1) is 23.5. The lowest BCUT2D eigenvalue weighted by atomic mass is 9.39. The molecular weight excluding hydrogens is 482 g/mol. The number of hydrogen-bond donors (Lipinski definition) is 1. The molecule has 1 aromatic heterocycles. The van der Waals surface area contributed by atoms with Crippen molar-refractivity contribution < 1.29 is 40.3 Å². The van der Waals surface area contributed by atoms with Gasteiger partial charge in [0, 0.05) is 30.5 Å². The molecule has 1 saturated heterocycles. The molecule has 5 saturated carbocycles. The molecule has 6 fully saturated rings. The zero-order valence-electron chi connectivity index (χ0n) is 18.8. The second kappa shape index (κ2) is 7.56. The quantitative estimate of drug-likeness (QED) is 0.591. The van der Waals surface area contributed by atoms with Gasteiger partial charge in [0.15, 0.2) is 0 Å². The van der Waals surface area contributed by atoms with Crippen molar-refractivity contribution in [2.45, 2.75) is 80.5 Å². The van der Waals surface area contributed by atoms with Crippen molar-refractivity contribution in [3.8, 4) is 0 Å². The van der Waals surface area contributed by atoms with Crippen LogP contribution in [-0.4, -0.2) is 64.8 Å². The Hall–Kier alpha value is -1.89. The molecule has 1 aromatic rings. The molecule has 2 bridgehead atoms. The van der Waals surface area contributed by atoms with Crippen molar-refractivity contribution in [3.05, 3.63) is 11.8 Å². The Morgan fingerprint density at radius 1 is 1.03 bits per heavy atom. The molecule has 0 aromatic carbocycles. The third-order valence-electron chi connectivity index (χ3n) is 8.66. The summed E-state index contributed by atoms with van der Waals surface area (Å²) in [5.41, 5.74) is -0.581. The number of alkyl halides is 6. The van der Waals surface area contributed by atoms with Crippen LogP contribution in [0, 0.1) is 17.8 Å². The summed E-state index contributed by atoms with van der Waals surface area (Å²) in [6.07, 6.45) is -6.08. The lowest BCUT2D eigenvalue weighted by molar-refractivity contribution is -0.352. The molecule has 1 N–H and O–H groups in total. The van der Waals surface area contributed by atoms with Gasteiger partial charge in [-0.1, -0.05) is 0 Å². The summed E-state index contributed by atoms with van der Waals surface area (Å²) in [6, 6.07) is 0. The Balaban J connectivity index is 0.962. The maximum Gasteiger partial charge on any atom is 0.522 e. The Morgan fingerprint density at radius 3 is 2.23 bits per heavy atom. The molecular formula is C22H26F6N4O3. The molecule has 0 unspecified atom stereocenters. The number of aromatic nitrogens is 2. The Kier molecular flexibility index (Phi) is 5.08. The second-order valence-corrected chi connectivity index (χ2v) is 11.4. The van der Waals surface area contributed by atoms with Gasteiger partial charge >= 0.3 is 12.5 Å². The van der Waals surface area contributed by atoms with Crippen LogP contribution in [0.1, 0.15) is 62.6 Å². The van der Waals surface area contributed by atoms with Crippen LogP contribution in [0.3, 0.4) is 0 Å². The van der Waals surface area contributed by atoms with E-state index in [0.29, 0.717) is 57.0 Å². The minimum Gasteiger partial charge on any atom is -0.424 e. The fraction of sp³-hybridized carbons (Fsp3) is 0.864. The number of halogens is 6. The highest BCUT2D eigenvalue weighted by molar-refractivity contribution is 5.80. The van der Waals surface area contributed by atoms with Gasteiger partial charge in [-0.05, 0) is 56.8 Å². The SMILES string of the molecule is O=C(NC12CC(c3nnc([C@H]4C[C@@H](OC(F)(F)F)C4)o3)(C1)C2)[C@H]1C[C@@H]2CN(CC(F)(F)F)C[C@@H]2C1. The maximum absolute atomic E-state index is 12.9. The predicted octanol–water partition coefficient (Wildman–Crippen LogP) is 3.66. The minimum absolute atomic E-state index is 0.0218. The molecule has 13 heteroatoms. The second-order valence-electron chi connectivity index (χ2n) is 11.4. The maximum atomic E-state index is 12.9. The summed E-state index contributed by atoms with van der Waals surface area (Å²) < 4.78 is 84.6. The molecule has 1 amide bonds. The molecule has 0 radical (unpaired) electrons. The predicted molar refractivity (Wildman–Crippen MR) is 106 cm³/mol. The third kappa shape index (κ3) is 4.32. The van der Waals surface area contributed by atoms with Gasteiger partial charge in [-0.3, -0.25) is 14.4 Å². The summed E-state index contributed by atoms with van der Waals surface area (Å²) in [5, 5.41) is 11.3. The Morgan fingerprint density at radius 2 is 1.66 bits per heavy atom. The van der Waals surface area contributed by atoms with Crippen LogP contribution < -0.4 is 5.32 Å². The van der Waals surface area contributed by atoms with Gasteiger partial charge in [0.2, 0.25) is 17.7 Å². The van der Waals surface area contributed by atoms with Crippen LogP contribution in [0.4, 0.5) is 26.3 Å². The van der Waals surface area contributed by atoms with Crippen LogP contribution >= 0.6 is 0 Å². The Bertz CT molecular complexity index is 970. The largest absolute Gasteiger partial charge is 0.522 e. The molecule has 5 aliphatic carbocycles. The van der Waals surface area contributed by atoms with Gasteiger partial charge < -0.3 is 9.73 Å². The zero-order chi connectivity index (χ0) is 24.8. The zero-order valence-corrected chi connectivity index (χ0v) is 18.8. The summed E-state index contributed by atoms with van der Waals surface area (Å²) >= 11 is 0. The first-order valence-corrected chi connectivity index (χ1v) is 12.0. The van der Waals surface area contributed by atoms with Gasteiger partial charge in [-0.15, -0.1) is 23.4 Å². The van der Waals surface area contributed by atoms with Crippen molar-refractivity contribution in [1.29, 1.82) is 0 Å². The van der Waals surface area contributed by atoms with Gasteiger partial charge in [-0.25, -0.2) is 0 Å². The van der Waals surface area contributed by atoms with E-state index < -0.39 is 25.2 Å². The van der Waals surface area contributed by atoms with Crippen molar-refractivity contribution >= 4 is 5.91 Å². The van der Waals surface area contributed by atoms with E-state index >= 15 is 0 Å². The molecule has 1 aliphatic heterocycles. The molecule has 0 spiro atoms. The molecule has 6 aliphatic rings. The molecule has 7 rings (SSSR count). The minimum atomic E-state index is -4.65. The van der Waals surface area contributed by atoms with E-state index in [1.807, 2.05) is 0 Å². The number of nitrogens with zero attached hydrogens (tertiary/aromatic N) is 3. The first-order valence-electron chi connectivity index (χ1n) is 12.0. The summed E-state index contributed by atoms with van der Waals surface area (Å²) in [7, 11) is 0. The van der Waals surface area contributed by atoms with Gasteiger partial charge in [0.05, 0.1) is 18.1 Å². The number of carbonyl (C=O) groups excluding carboxylic acids is 1. The van der Waals surface area contributed by atoms with E-state index in [2.05, 4.69) is 20.3 Å². The number of ether oxygens (including phenoxy) is 1. The van der Waals surface area contributed by atoms with Crippen molar-refractivity contribution in [2.75, 3.05) is 19.6 Å². The van der Waals surface area contributed by atoms with E-state index in [9.17, 15) is 31.1 Å². The van der Waals surface area contributed by atoms with Crippen LogP contribution in [0.15, 0.2) is 4.42 Å². The summed E-state index contributed by atoms with van der Waals surface area (Å²) in [4.78, 5) is 14.3. The lowest BCUT2D eigenvalue weighted by Gasteiger charge is -2.68. The average molecular weight is 508 g/mol. The van der Waals surface area contributed by atoms with Gasteiger partial charge in [-0.2, -0.15) is 13.2 Å². The number of rotatable bonds is 6. The monoisotopic (exact) mass is 508 g/mol. The number of amides is 1. The van der Waals surface area contributed by atoms with E-state index in [4.69, 9.17) is 4.42 Å². The van der Waals surface area contributed by atoms with Gasteiger partial charge in [0.1, 0.15) is 0 Å². The van der Waals surface area contributed by atoms with E-state index in [1.54, 1.807) is 0 Å². The fourth-order valence-electron chi connectivity index (χ4n) is 7.17. The normalized spacial score (nSPS) is 40.6. The average Bonchev–Trinajstić information content (AvgIpc) is 3.32. The van der Waals surface area contributed by atoms with E-state index in [-0.39, 0.29) is 53.4 Å². The smallest absolute Gasteiger partial charge is 0.424 e. The highest BCUT2D eigenvalue weighted by Gasteiger charge is 2.72. The van der Waals surface area contributed by atoms with Crippen molar-refractivity contribution in [3.63, 3.8) is 0 Å². The molecule has 7 nitrogen and oxygen atoms in total. The van der Waals surface area contributed by atoms with Crippen LogP contribution in [-0.2, 0) is 14.9 Å². The molecule has 2 heterocycles. The Labute approximate surface area is 196 Å². The van der Waals surface area contributed by atoms with Crippen molar-refractivity contribution in [2.24, 2.45) is 17.8 Å². The fourth-order valence-corrected chi connectivity index (χ4v) is 7.17. The molecule has 35 heavy (non-hydrogen) atoms. The van der Waals surface area contributed by atoms with Gasteiger partial charge in [0.25, 0.3) is 0 Å². The van der Waals surface area contributed by atoms with E-state index in [0.717, 1.165) is 0 Å². The summed E-state index contributed by atoms with van der Waals surface area (Å²) in [5.74, 6) is 0.660. The number of carbonyl (C=O) groups is 1. The number of fused-ring (bicyclic) bond motifs is 1. The van der Waals surface area contributed by atoms with E-state index in [1.165, 1.54) is 4.90 Å². The number of nitrogens with one attached hydrogen (secondary N) is 1. The third-order valence-corrected chi connectivity index (χ3v) is 8.66. The highest BCUT2D eigenvalue weighted by Crippen LogP contribution is 2.67. The molecule has 194 valence electrons.